The molecule has 3 heterocycles. The molecule has 2 amide bonds. The number of ether oxygens (including phenoxy) is 1. The predicted octanol–water partition coefficient (Wildman–Crippen LogP) is -0.0825. The molecule has 0 aromatic carbocycles. The minimum atomic E-state index is -0.151. The van der Waals surface area contributed by atoms with Crippen LogP contribution < -0.4 is 5.32 Å². The van der Waals surface area contributed by atoms with E-state index in [0.29, 0.717) is 38.7 Å². The van der Waals surface area contributed by atoms with Crippen LogP contribution in [-0.2, 0) is 20.9 Å². The van der Waals surface area contributed by atoms with Crippen LogP contribution in [0, 0.1) is 0 Å². The molecule has 25 heavy (non-hydrogen) atoms. The molecule has 0 bridgehead atoms. The molecule has 1 saturated heterocycles. The molecule has 0 aliphatic carbocycles. The summed E-state index contributed by atoms with van der Waals surface area (Å²) in [6, 6.07) is 3.67. The number of carbonyl (C=O) groups is 2. The second kappa shape index (κ2) is 8.34. The maximum Gasteiger partial charge on any atom is 0.223 e. The van der Waals surface area contributed by atoms with Gasteiger partial charge >= 0.3 is 0 Å². The highest BCUT2D eigenvalue weighted by atomic mass is 16.5. The van der Waals surface area contributed by atoms with Crippen molar-refractivity contribution in [3.8, 4) is 5.82 Å². The van der Waals surface area contributed by atoms with Crippen LogP contribution in [0.15, 0.2) is 31.0 Å². The molecule has 2 aromatic heterocycles. The van der Waals surface area contributed by atoms with E-state index in [1.807, 2.05) is 6.07 Å². The Kier molecular flexibility index (Phi) is 5.68. The van der Waals surface area contributed by atoms with Gasteiger partial charge in [0.15, 0.2) is 5.82 Å². The van der Waals surface area contributed by atoms with Crippen LogP contribution in [0.2, 0.25) is 0 Å². The van der Waals surface area contributed by atoms with Gasteiger partial charge in [-0.15, -0.1) is 0 Å². The molecule has 3 rings (SSSR count). The molecule has 132 valence electrons. The number of carbonyl (C=O) groups excluding carboxylic acids is 2. The van der Waals surface area contributed by atoms with Crippen molar-refractivity contribution in [3.63, 3.8) is 0 Å². The molecule has 1 fully saturated rings. The summed E-state index contributed by atoms with van der Waals surface area (Å²) in [6.07, 6.45) is 5.08. The molecule has 0 unspecified atom stereocenters. The predicted molar refractivity (Wildman–Crippen MR) is 87.6 cm³/mol. The Balaban J connectivity index is 1.40. The first-order chi connectivity index (χ1) is 12.2. The van der Waals surface area contributed by atoms with Crippen LogP contribution in [0.25, 0.3) is 5.82 Å². The topological polar surface area (TPSA) is 102 Å². The summed E-state index contributed by atoms with van der Waals surface area (Å²) >= 11 is 0. The lowest BCUT2D eigenvalue weighted by Gasteiger charge is -2.26. The number of hydrogen-bond acceptors (Lipinski definition) is 6. The van der Waals surface area contributed by atoms with Crippen molar-refractivity contribution >= 4 is 11.8 Å². The van der Waals surface area contributed by atoms with Gasteiger partial charge in [0.05, 0.1) is 13.2 Å². The summed E-state index contributed by atoms with van der Waals surface area (Å²) in [6.45, 7) is 2.70. The van der Waals surface area contributed by atoms with E-state index in [4.69, 9.17) is 4.74 Å². The quantitative estimate of drug-likeness (QED) is 0.786. The van der Waals surface area contributed by atoms with E-state index in [9.17, 15) is 9.59 Å². The zero-order valence-electron chi connectivity index (χ0n) is 13.8. The SMILES string of the molecule is O=C(CCC(=O)N1CCOCC1)NCc1ccc(-n2cncn2)nc1. The molecule has 0 radical (unpaired) electrons. The summed E-state index contributed by atoms with van der Waals surface area (Å²) in [4.78, 5) is 33.8. The van der Waals surface area contributed by atoms with E-state index in [0.717, 1.165) is 5.56 Å². The van der Waals surface area contributed by atoms with Crippen LogP contribution >= 0.6 is 0 Å². The zero-order chi connectivity index (χ0) is 17.5. The number of morpholine rings is 1. The third kappa shape index (κ3) is 4.83. The van der Waals surface area contributed by atoms with E-state index >= 15 is 0 Å². The first kappa shape index (κ1) is 17.0. The van der Waals surface area contributed by atoms with Crippen molar-refractivity contribution in [3.05, 3.63) is 36.5 Å². The number of aromatic nitrogens is 4. The Hall–Kier alpha value is -2.81. The monoisotopic (exact) mass is 344 g/mol. The number of nitrogens with zero attached hydrogens (tertiary/aromatic N) is 5. The van der Waals surface area contributed by atoms with Gasteiger partial charge in [0.2, 0.25) is 11.8 Å². The average molecular weight is 344 g/mol. The van der Waals surface area contributed by atoms with Gasteiger partial charge in [-0.05, 0) is 11.6 Å². The third-order valence-electron chi connectivity index (χ3n) is 3.88. The fourth-order valence-corrected chi connectivity index (χ4v) is 2.46. The van der Waals surface area contributed by atoms with E-state index < -0.39 is 0 Å². The summed E-state index contributed by atoms with van der Waals surface area (Å²) in [5.74, 6) is 0.503. The van der Waals surface area contributed by atoms with Gasteiger partial charge in [-0.25, -0.2) is 14.6 Å². The van der Waals surface area contributed by atoms with Crippen molar-refractivity contribution in [1.29, 1.82) is 0 Å². The van der Waals surface area contributed by atoms with Crippen molar-refractivity contribution in [2.24, 2.45) is 0 Å². The van der Waals surface area contributed by atoms with Gasteiger partial charge in [-0.3, -0.25) is 9.59 Å². The van der Waals surface area contributed by atoms with Crippen molar-refractivity contribution < 1.29 is 14.3 Å². The average Bonchev–Trinajstić information content (AvgIpc) is 3.20. The molecule has 2 aromatic rings. The van der Waals surface area contributed by atoms with Gasteiger partial charge in [-0.1, -0.05) is 6.07 Å². The normalized spacial score (nSPS) is 14.3. The van der Waals surface area contributed by atoms with Crippen LogP contribution in [0.5, 0.6) is 0 Å². The molecule has 9 nitrogen and oxygen atoms in total. The summed E-state index contributed by atoms with van der Waals surface area (Å²) in [5, 5.41) is 6.80. The maximum absolute atomic E-state index is 12.0. The van der Waals surface area contributed by atoms with Gasteiger partial charge in [0.1, 0.15) is 12.7 Å². The Morgan fingerprint density at radius 1 is 1.20 bits per heavy atom. The molecule has 1 N–H and O–H groups in total. The number of nitrogens with one attached hydrogen (secondary N) is 1. The summed E-state index contributed by atoms with van der Waals surface area (Å²) in [7, 11) is 0. The van der Waals surface area contributed by atoms with E-state index in [2.05, 4.69) is 20.4 Å². The van der Waals surface area contributed by atoms with Crippen LogP contribution in [0.1, 0.15) is 18.4 Å². The van der Waals surface area contributed by atoms with Crippen LogP contribution in [0.3, 0.4) is 0 Å². The molecular formula is C16H20N6O3. The molecule has 1 aliphatic heterocycles. The summed E-state index contributed by atoms with van der Waals surface area (Å²) < 4.78 is 6.76. The molecule has 0 spiro atoms. The second-order valence-electron chi connectivity index (χ2n) is 5.63. The van der Waals surface area contributed by atoms with Gasteiger partial charge in [0.25, 0.3) is 0 Å². The number of pyridine rings is 1. The molecule has 0 atom stereocenters. The standard InChI is InChI=1S/C16H20N6O3/c23-15(3-4-16(24)21-5-7-25-8-6-21)19-10-13-1-2-14(18-9-13)22-12-17-11-20-22/h1-2,9,11-12H,3-8,10H2,(H,19,23). The van der Waals surface area contributed by atoms with Crippen molar-refractivity contribution in [2.75, 3.05) is 26.3 Å². The van der Waals surface area contributed by atoms with Crippen LogP contribution in [0.4, 0.5) is 0 Å². The fraction of sp³-hybridized carbons (Fsp3) is 0.438. The fourth-order valence-electron chi connectivity index (χ4n) is 2.46. The Labute approximate surface area is 145 Å². The highest BCUT2D eigenvalue weighted by Crippen LogP contribution is 2.05. The van der Waals surface area contributed by atoms with Gasteiger partial charge in [-0.2, -0.15) is 5.10 Å². The third-order valence-corrected chi connectivity index (χ3v) is 3.88. The number of amides is 2. The lowest BCUT2D eigenvalue weighted by atomic mass is 10.2. The molecule has 0 saturated carbocycles. The Morgan fingerprint density at radius 3 is 2.72 bits per heavy atom. The van der Waals surface area contributed by atoms with Crippen molar-refractivity contribution in [2.45, 2.75) is 19.4 Å². The number of rotatable bonds is 6. The summed E-state index contributed by atoms with van der Waals surface area (Å²) in [5.41, 5.74) is 0.872. The number of hydrogen-bond donors (Lipinski definition) is 1. The smallest absolute Gasteiger partial charge is 0.223 e. The van der Waals surface area contributed by atoms with Gasteiger partial charge in [0, 0.05) is 38.7 Å². The van der Waals surface area contributed by atoms with Crippen molar-refractivity contribution in [1.82, 2.24) is 30.0 Å². The van der Waals surface area contributed by atoms with E-state index in [1.54, 1.807) is 28.2 Å². The highest BCUT2D eigenvalue weighted by Gasteiger charge is 2.17. The highest BCUT2D eigenvalue weighted by molar-refractivity contribution is 5.83. The lowest BCUT2D eigenvalue weighted by Crippen LogP contribution is -2.41. The lowest BCUT2D eigenvalue weighted by molar-refractivity contribution is -0.137. The minimum absolute atomic E-state index is 0.00250. The molecule has 9 heteroatoms. The largest absolute Gasteiger partial charge is 0.378 e. The second-order valence-corrected chi connectivity index (χ2v) is 5.63. The van der Waals surface area contributed by atoms with Gasteiger partial charge < -0.3 is 15.0 Å². The zero-order valence-corrected chi connectivity index (χ0v) is 13.8. The maximum atomic E-state index is 12.0. The molecular weight excluding hydrogens is 324 g/mol. The first-order valence-electron chi connectivity index (χ1n) is 8.14. The minimum Gasteiger partial charge on any atom is -0.378 e. The van der Waals surface area contributed by atoms with Crippen LogP contribution in [-0.4, -0.2) is 62.8 Å². The van der Waals surface area contributed by atoms with E-state index in [-0.39, 0.29) is 24.7 Å². The Bertz CT molecular complexity index is 695. The molecule has 1 aliphatic rings. The first-order valence-corrected chi connectivity index (χ1v) is 8.14. The van der Waals surface area contributed by atoms with E-state index in [1.165, 1.54) is 6.33 Å². The Morgan fingerprint density at radius 2 is 2.04 bits per heavy atom.